The van der Waals surface area contributed by atoms with Gasteiger partial charge in [-0.3, -0.25) is 14.9 Å². The van der Waals surface area contributed by atoms with Crippen LogP contribution in [-0.2, 0) is 16.2 Å². The number of barbiturate groups is 1. The van der Waals surface area contributed by atoms with Gasteiger partial charge < -0.3 is 9.47 Å². The smallest absolute Gasteiger partial charge is 0.335 e. The van der Waals surface area contributed by atoms with Gasteiger partial charge in [0.05, 0.1) is 22.3 Å². The van der Waals surface area contributed by atoms with Crippen molar-refractivity contribution in [3.8, 4) is 11.5 Å². The molecule has 0 atom stereocenters. The normalized spacial score (nSPS) is 14.6. The van der Waals surface area contributed by atoms with Crippen molar-refractivity contribution in [1.82, 2.24) is 5.32 Å². The van der Waals surface area contributed by atoms with Gasteiger partial charge in [0.15, 0.2) is 11.5 Å². The van der Waals surface area contributed by atoms with E-state index >= 15 is 0 Å². The molecule has 1 N–H and O–H groups in total. The van der Waals surface area contributed by atoms with Crippen molar-refractivity contribution in [3.63, 3.8) is 0 Å². The molecule has 4 amide bonds. The van der Waals surface area contributed by atoms with E-state index in [1.165, 1.54) is 6.08 Å². The number of hydrogen-bond acceptors (Lipinski definition) is 5. The SMILES string of the molecule is CCOc1cc(/C=C2\C(=O)NC(=O)N(c3cc(C)cc(C)c3)C2=O)c(Br)cc1OCc1ccc(Cl)c(Cl)c1. The molecule has 3 aromatic rings. The average molecular weight is 618 g/mol. The number of anilines is 1. The lowest BCUT2D eigenvalue weighted by Gasteiger charge is -2.27. The zero-order valence-corrected chi connectivity index (χ0v) is 23.8. The van der Waals surface area contributed by atoms with Crippen molar-refractivity contribution in [2.75, 3.05) is 11.5 Å². The summed E-state index contributed by atoms with van der Waals surface area (Å²) >= 11 is 15.6. The molecule has 0 aromatic heterocycles. The molecule has 0 unspecified atom stereocenters. The Kier molecular flexibility index (Phi) is 8.45. The second-order valence-electron chi connectivity index (χ2n) is 8.59. The quantitative estimate of drug-likeness (QED) is 0.228. The summed E-state index contributed by atoms with van der Waals surface area (Å²) in [6.45, 7) is 6.12. The van der Waals surface area contributed by atoms with Crippen molar-refractivity contribution in [3.05, 3.63) is 90.9 Å². The molecule has 7 nitrogen and oxygen atoms in total. The number of benzene rings is 3. The molecule has 1 aliphatic heterocycles. The molecule has 196 valence electrons. The first-order valence-electron chi connectivity index (χ1n) is 11.6. The summed E-state index contributed by atoms with van der Waals surface area (Å²) in [5.41, 5.74) is 3.24. The Hall–Kier alpha value is -3.33. The predicted octanol–water partition coefficient (Wildman–Crippen LogP) is 7.02. The Morgan fingerprint density at radius 1 is 0.921 bits per heavy atom. The van der Waals surface area contributed by atoms with Crippen LogP contribution in [0.4, 0.5) is 10.5 Å². The van der Waals surface area contributed by atoms with Crippen LogP contribution in [0.25, 0.3) is 6.08 Å². The van der Waals surface area contributed by atoms with Crippen LogP contribution in [0.15, 0.2) is 58.6 Å². The highest BCUT2D eigenvalue weighted by atomic mass is 79.9. The van der Waals surface area contributed by atoms with Crippen molar-refractivity contribution in [2.45, 2.75) is 27.4 Å². The second-order valence-corrected chi connectivity index (χ2v) is 10.3. The lowest BCUT2D eigenvalue weighted by Crippen LogP contribution is -2.54. The minimum absolute atomic E-state index is 0.198. The molecule has 3 aromatic carbocycles. The van der Waals surface area contributed by atoms with Gasteiger partial charge in [-0.25, -0.2) is 9.69 Å². The van der Waals surface area contributed by atoms with Crippen LogP contribution in [0, 0.1) is 13.8 Å². The standard InChI is InChI=1S/C28H23BrCl2N2O5/c1-4-37-24-12-18(21(29)13-25(24)38-14-17-5-6-22(30)23(31)10-17)11-20-26(34)32-28(36)33(27(20)35)19-8-15(2)7-16(3)9-19/h5-13H,4,14H2,1-3H3,(H,32,34,36)/b20-11+. The highest BCUT2D eigenvalue weighted by molar-refractivity contribution is 9.10. The van der Waals surface area contributed by atoms with Gasteiger partial charge in [-0.1, -0.05) is 51.3 Å². The Morgan fingerprint density at radius 3 is 2.26 bits per heavy atom. The molecule has 1 aliphatic rings. The van der Waals surface area contributed by atoms with E-state index in [-0.39, 0.29) is 12.2 Å². The van der Waals surface area contributed by atoms with E-state index in [1.54, 1.807) is 42.5 Å². The lowest BCUT2D eigenvalue weighted by molar-refractivity contribution is -0.122. The van der Waals surface area contributed by atoms with E-state index in [9.17, 15) is 14.4 Å². The first-order chi connectivity index (χ1) is 18.1. The minimum Gasteiger partial charge on any atom is -0.490 e. The van der Waals surface area contributed by atoms with Crippen molar-refractivity contribution in [1.29, 1.82) is 0 Å². The van der Waals surface area contributed by atoms with Gasteiger partial charge in [-0.2, -0.15) is 0 Å². The maximum atomic E-state index is 13.4. The van der Waals surface area contributed by atoms with Gasteiger partial charge in [-0.15, -0.1) is 0 Å². The molecule has 0 saturated carbocycles. The summed E-state index contributed by atoms with van der Waals surface area (Å²) in [7, 11) is 0. The fraction of sp³-hybridized carbons (Fsp3) is 0.179. The fourth-order valence-electron chi connectivity index (χ4n) is 3.96. The largest absolute Gasteiger partial charge is 0.490 e. The van der Waals surface area contributed by atoms with Gasteiger partial charge in [-0.05, 0) is 85.5 Å². The van der Waals surface area contributed by atoms with Crippen LogP contribution in [0.5, 0.6) is 11.5 Å². The van der Waals surface area contributed by atoms with Gasteiger partial charge >= 0.3 is 6.03 Å². The summed E-state index contributed by atoms with van der Waals surface area (Å²) in [6, 6.07) is 13.1. The third kappa shape index (κ3) is 6.04. The molecule has 0 radical (unpaired) electrons. The highest BCUT2D eigenvalue weighted by Gasteiger charge is 2.37. The van der Waals surface area contributed by atoms with Crippen molar-refractivity contribution in [2.24, 2.45) is 0 Å². The number of carbonyl (C=O) groups is 3. The number of urea groups is 1. The van der Waals surface area contributed by atoms with E-state index in [0.717, 1.165) is 21.6 Å². The minimum atomic E-state index is -0.803. The Labute approximate surface area is 238 Å². The number of rotatable bonds is 7. The highest BCUT2D eigenvalue weighted by Crippen LogP contribution is 2.36. The maximum absolute atomic E-state index is 13.4. The number of hydrogen-bond donors (Lipinski definition) is 1. The summed E-state index contributed by atoms with van der Waals surface area (Å²) in [5, 5.41) is 3.12. The second kappa shape index (κ2) is 11.6. The topological polar surface area (TPSA) is 84.9 Å². The van der Waals surface area contributed by atoms with Crippen LogP contribution < -0.4 is 19.7 Å². The Morgan fingerprint density at radius 2 is 1.61 bits per heavy atom. The summed E-state index contributed by atoms with van der Waals surface area (Å²) in [6.07, 6.45) is 1.41. The third-order valence-corrected chi connectivity index (χ3v) is 7.03. The predicted molar refractivity (Wildman–Crippen MR) is 151 cm³/mol. The molecule has 0 aliphatic carbocycles. The van der Waals surface area contributed by atoms with E-state index in [2.05, 4.69) is 21.2 Å². The van der Waals surface area contributed by atoms with E-state index in [0.29, 0.717) is 43.9 Å². The van der Waals surface area contributed by atoms with Crippen molar-refractivity contribution >= 4 is 68.7 Å². The monoisotopic (exact) mass is 616 g/mol. The van der Waals surface area contributed by atoms with Crippen LogP contribution in [0.1, 0.15) is 29.2 Å². The van der Waals surface area contributed by atoms with Crippen LogP contribution in [0.3, 0.4) is 0 Å². The van der Waals surface area contributed by atoms with E-state index in [1.807, 2.05) is 26.8 Å². The van der Waals surface area contributed by atoms with Crippen molar-refractivity contribution < 1.29 is 23.9 Å². The van der Waals surface area contributed by atoms with Crippen LogP contribution >= 0.6 is 39.1 Å². The lowest BCUT2D eigenvalue weighted by atomic mass is 10.0. The molecule has 0 bridgehead atoms. The number of amides is 4. The third-order valence-electron chi connectivity index (χ3n) is 5.61. The van der Waals surface area contributed by atoms with Crippen LogP contribution in [0.2, 0.25) is 10.0 Å². The number of imide groups is 2. The molecular weight excluding hydrogens is 595 g/mol. The van der Waals surface area contributed by atoms with Gasteiger partial charge in [0.1, 0.15) is 12.2 Å². The first kappa shape index (κ1) is 27.7. The van der Waals surface area contributed by atoms with Crippen LogP contribution in [-0.4, -0.2) is 24.5 Å². The van der Waals surface area contributed by atoms with E-state index < -0.39 is 17.8 Å². The molecule has 1 saturated heterocycles. The van der Waals surface area contributed by atoms with Gasteiger partial charge in [0.2, 0.25) is 0 Å². The number of nitrogens with one attached hydrogen (secondary N) is 1. The number of carbonyl (C=O) groups excluding carboxylic acids is 3. The molecule has 4 rings (SSSR count). The zero-order valence-electron chi connectivity index (χ0n) is 20.7. The number of halogens is 3. The van der Waals surface area contributed by atoms with Gasteiger partial charge in [0, 0.05) is 4.47 Å². The number of nitrogens with zero attached hydrogens (tertiary/aromatic N) is 1. The summed E-state index contributed by atoms with van der Waals surface area (Å²) in [4.78, 5) is 39.6. The fourth-order valence-corrected chi connectivity index (χ4v) is 4.72. The number of aryl methyl sites for hydroxylation is 2. The molecule has 10 heteroatoms. The average Bonchev–Trinajstić information content (AvgIpc) is 2.84. The molecule has 38 heavy (non-hydrogen) atoms. The molecule has 1 heterocycles. The summed E-state index contributed by atoms with van der Waals surface area (Å²) in [5.74, 6) is -0.661. The Balaban J connectivity index is 1.67. The molecule has 0 spiro atoms. The van der Waals surface area contributed by atoms with Gasteiger partial charge in [0.25, 0.3) is 11.8 Å². The zero-order chi connectivity index (χ0) is 27.6. The Bertz CT molecular complexity index is 1470. The number of ether oxygens (including phenoxy) is 2. The molecular formula is C28H23BrCl2N2O5. The van der Waals surface area contributed by atoms with E-state index in [4.69, 9.17) is 32.7 Å². The molecule has 1 fully saturated rings. The maximum Gasteiger partial charge on any atom is 0.335 e. The summed E-state index contributed by atoms with van der Waals surface area (Å²) < 4.78 is 12.3. The first-order valence-corrected chi connectivity index (χ1v) is 13.1.